The van der Waals surface area contributed by atoms with Crippen LogP contribution in [0.15, 0.2) is 22.3 Å². The van der Waals surface area contributed by atoms with E-state index >= 15 is 0 Å². The number of hydrogen-bond acceptors (Lipinski definition) is 0. The molecule has 0 N–H and O–H groups in total. The van der Waals surface area contributed by atoms with Crippen LogP contribution in [0.5, 0.6) is 0 Å². The first kappa shape index (κ1) is 19.8. The second kappa shape index (κ2) is 11.4. The van der Waals surface area contributed by atoms with Crippen molar-refractivity contribution in [3.05, 3.63) is 61.4 Å². The summed E-state index contributed by atoms with van der Waals surface area (Å²) < 4.78 is 0. The van der Waals surface area contributed by atoms with E-state index < -0.39 is 0 Å². The number of hydrogen-bond donors (Lipinski definition) is 0. The molecule has 0 heterocycles. The minimum absolute atomic E-state index is 0. The van der Waals surface area contributed by atoms with Gasteiger partial charge in [-0.3, -0.25) is 0 Å². The van der Waals surface area contributed by atoms with Gasteiger partial charge < -0.3 is 61.4 Å². The van der Waals surface area contributed by atoms with Gasteiger partial charge in [0.1, 0.15) is 0 Å². The van der Waals surface area contributed by atoms with Gasteiger partial charge >= 0.3 is 19.5 Å². The van der Waals surface area contributed by atoms with E-state index in [1.807, 2.05) is 13.8 Å². The number of allylic oxidation sites excluding steroid dienone is 6. The summed E-state index contributed by atoms with van der Waals surface area (Å²) in [4.78, 5) is 0. The zero-order chi connectivity index (χ0) is 11.7. The van der Waals surface area contributed by atoms with Crippen LogP contribution in [-0.2, 0) is 19.5 Å². The fraction of sp³-hybridized carbons (Fsp3) is 0.286. The molecule has 0 amide bonds. The second-order valence-electron chi connectivity index (χ2n) is 3.18. The predicted octanol–water partition coefficient (Wildman–Crippen LogP) is 3.90. The van der Waals surface area contributed by atoms with Crippen LogP contribution in [-0.4, -0.2) is 0 Å². The quantitative estimate of drug-likeness (QED) is 0.410. The Morgan fingerprint density at radius 2 is 1.00 bits per heavy atom. The Balaban J connectivity index is -0.000000180. The van der Waals surface area contributed by atoms with E-state index in [1.54, 1.807) is 13.8 Å². The van der Waals surface area contributed by atoms with Crippen LogP contribution < -0.4 is 0 Å². The van der Waals surface area contributed by atoms with Crippen molar-refractivity contribution in [1.82, 2.24) is 0 Å². The summed E-state index contributed by atoms with van der Waals surface area (Å²) in [7, 11) is 0. The van der Waals surface area contributed by atoms with Crippen LogP contribution in [0.2, 0.25) is 0 Å². The molecule has 1 heteroatoms. The van der Waals surface area contributed by atoms with E-state index in [-0.39, 0.29) is 19.5 Å². The van der Waals surface area contributed by atoms with E-state index in [4.69, 9.17) is 13.2 Å². The Morgan fingerprint density at radius 3 is 1.00 bits per heavy atom. The van der Waals surface area contributed by atoms with Crippen molar-refractivity contribution in [2.45, 2.75) is 27.7 Å². The Labute approximate surface area is 109 Å². The van der Waals surface area contributed by atoms with Gasteiger partial charge in [-0.15, -0.1) is 27.7 Å². The van der Waals surface area contributed by atoms with Gasteiger partial charge in [-0.05, 0) is 0 Å². The third-order valence-corrected chi connectivity index (χ3v) is 0.821. The summed E-state index contributed by atoms with van der Waals surface area (Å²) in [6.45, 7) is 24.9. The Kier molecular flexibility index (Phi) is 15.1. The summed E-state index contributed by atoms with van der Waals surface area (Å²) in [6, 6.07) is 0. The molecule has 0 aromatic rings. The van der Waals surface area contributed by atoms with Crippen LogP contribution in [0.4, 0.5) is 0 Å². The Morgan fingerprint density at radius 1 is 0.800 bits per heavy atom. The first-order valence-corrected chi connectivity index (χ1v) is 4.28. The smallest absolute Gasteiger partial charge is 0.547 e. The standard InChI is InChI=1S/2C7H9.Ru/c2*1-6(2)5-7(3)4;/h2*1H,3H2,2,4H3;/q2*-3;+6. The van der Waals surface area contributed by atoms with Gasteiger partial charge in [0.15, 0.2) is 0 Å². The van der Waals surface area contributed by atoms with Crippen LogP contribution in [0.3, 0.4) is 0 Å². The summed E-state index contributed by atoms with van der Waals surface area (Å²) in [5, 5.41) is 0. The van der Waals surface area contributed by atoms with Crippen LogP contribution in [0, 0.1) is 39.2 Å². The fourth-order valence-corrected chi connectivity index (χ4v) is 0.673. The molecule has 0 atom stereocenters. The molecule has 15 heavy (non-hydrogen) atoms. The molecule has 0 saturated heterocycles. The van der Waals surface area contributed by atoms with Crippen molar-refractivity contribution >= 4 is 0 Å². The van der Waals surface area contributed by atoms with Crippen molar-refractivity contribution in [2.75, 3.05) is 0 Å². The summed E-state index contributed by atoms with van der Waals surface area (Å²) in [5.74, 6) is 0. The summed E-state index contributed by atoms with van der Waals surface area (Å²) in [6.07, 6.45) is 5.61. The van der Waals surface area contributed by atoms with E-state index in [0.717, 1.165) is 11.1 Å². The van der Waals surface area contributed by atoms with E-state index in [0.29, 0.717) is 11.1 Å². The SMILES string of the molecule is [CH-]=C(C)[C-]=C([CH2-])C.[CH-]=C(C)[C-]=C([CH2-])C.[Ru+6]. The second-order valence-corrected chi connectivity index (χ2v) is 3.18. The molecule has 0 spiro atoms. The normalized spacial score (nSPS) is 10.7. The molecule has 0 nitrogen and oxygen atoms in total. The first-order chi connectivity index (χ1) is 6.25. The molecule has 0 aliphatic rings. The average molecular weight is 287 g/mol. The van der Waals surface area contributed by atoms with Crippen LogP contribution >= 0.6 is 0 Å². The Hall–Kier alpha value is -0.677. The molecule has 82 valence electrons. The largest absolute Gasteiger partial charge is 6.00 e. The molecule has 0 aromatic heterocycles. The van der Waals surface area contributed by atoms with Crippen molar-refractivity contribution in [1.29, 1.82) is 0 Å². The zero-order valence-corrected chi connectivity index (χ0v) is 11.7. The maximum absolute atomic E-state index is 5.24. The first-order valence-electron chi connectivity index (χ1n) is 4.28. The van der Waals surface area contributed by atoms with E-state index in [1.165, 1.54) is 0 Å². The fourth-order valence-electron chi connectivity index (χ4n) is 0.673. The van der Waals surface area contributed by atoms with Crippen molar-refractivity contribution in [3.63, 3.8) is 0 Å². The van der Waals surface area contributed by atoms with Crippen molar-refractivity contribution in [2.24, 2.45) is 0 Å². The molecular weight excluding hydrogens is 269 g/mol. The topological polar surface area (TPSA) is 0 Å². The molecule has 0 bridgehead atoms. The maximum atomic E-state index is 5.24. The molecule has 0 aliphatic carbocycles. The molecule has 0 rings (SSSR count). The Bertz CT molecular complexity index is 219. The van der Waals surface area contributed by atoms with Crippen LogP contribution in [0.25, 0.3) is 0 Å². The minimum atomic E-state index is 0. The van der Waals surface area contributed by atoms with Crippen molar-refractivity contribution in [3.8, 4) is 0 Å². The molecule has 0 radical (unpaired) electrons. The average Bonchev–Trinajstić information content (AvgIpc) is 1.79. The molecular formula is C14H18Ru. The van der Waals surface area contributed by atoms with Gasteiger partial charge in [0.2, 0.25) is 0 Å². The molecule has 0 aliphatic heterocycles. The maximum Gasteiger partial charge on any atom is 6.00 e. The van der Waals surface area contributed by atoms with Gasteiger partial charge in [0, 0.05) is 0 Å². The predicted molar refractivity (Wildman–Crippen MR) is 62.5 cm³/mol. The minimum Gasteiger partial charge on any atom is -0.547 e. The zero-order valence-electron chi connectivity index (χ0n) is 9.92. The summed E-state index contributed by atoms with van der Waals surface area (Å²) in [5.41, 5.74) is 3.13. The monoisotopic (exact) mass is 288 g/mol. The molecule has 0 aromatic carbocycles. The third-order valence-electron chi connectivity index (χ3n) is 0.821. The molecule has 0 fully saturated rings. The van der Waals surface area contributed by atoms with Gasteiger partial charge in [0.05, 0.1) is 0 Å². The van der Waals surface area contributed by atoms with Gasteiger partial charge in [-0.25, -0.2) is 0 Å². The van der Waals surface area contributed by atoms with E-state index in [9.17, 15) is 0 Å². The third kappa shape index (κ3) is 31.9. The van der Waals surface area contributed by atoms with Gasteiger partial charge in [-0.1, -0.05) is 0 Å². The molecule has 0 saturated carbocycles. The van der Waals surface area contributed by atoms with Crippen LogP contribution in [0.1, 0.15) is 27.7 Å². The van der Waals surface area contributed by atoms with Gasteiger partial charge in [0.25, 0.3) is 0 Å². The van der Waals surface area contributed by atoms with E-state index in [2.05, 4.69) is 26.0 Å². The van der Waals surface area contributed by atoms with Crippen molar-refractivity contribution < 1.29 is 19.5 Å². The summed E-state index contributed by atoms with van der Waals surface area (Å²) >= 11 is 0. The molecule has 0 unspecified atom stereocenters. The number of rotatable bonds is 2. The van der Waals surface area contributed by atoms with Gasteiger partial charge in [-0.2, -0.15) is 0 Å².